The van der Waals surface area contributed by atoms with Gasteiger partial charge >= 0.3 is 0 Å². The molecule has 0 aliphatic heterocycles. The molecule has 5 heteroatoms. The van der Waals surface area contributed by atoms with E-state index in [2.05, 4.69) is 0 Å². The van der Waals surface area contributed by atoms with Crippen molar-refractivity contribution in [2.75, 3.05) is 0 Å². The molecule has 0 aromatic heterocycles. The summed E-state index contributed by atoms with van der Waals surface area (Å²) in [5, 5.41) is 9.78. The van der Waals surface area contributed by atoms with E-state index in [9.17, 15) is 18.3 Å². The van der Waals surface area contributed by atoms with Crippen LogP contribution in [0.25, 0.3) is 0 Å². The highest BCUT2D eigenvalue weighted by Gasteiger charge is 2.23. The molecule has 0 saturated heterocycles. The first-order valence-corrected chi connectivity index (χ1v) is 5.41. The molecular weight excluding hydrogens is 231 g/mol. The minimum absolute atomic E-state index is 0.216. The van der Waals surface area contributed by atoms with E-state index in [0.717, 1.165) is 0 Å². The molecule has 96 valence electrons. The molecule has 0 aliphatic carbocycles. The van der Waals surface area contributed by atoms with Crippen molar-refractivity contribution >= 4 is 0 Å². The van der Waals surface area contributed by atoms with Crippen molar-refractivity contribution in [1.29, 1.82) is 0 Å². The topological polar surface area (TPSA) is 46.2 Å². The van der Waals surface area contributed by atoms with E-state index in [4.69, 9.17) is 5.73 Å². The zero-order valence-electron chi connectivity index (χ0n) is 9.75. The van der Waals surface area contributed by atoms with Gasteiger partial charge in [0.15, 0.2) is 11.6 Å². The summed E-state index contributed by atoms with van der Waals surface area (Å²) >= 11 is 0. The summed E-state index contributed by atoms with van der Waals surface area (Å²) in [6.07, 6.45) is -0.882. The van der Waals surface area contributed by atoms with Crippen LogP contribution in [0.5, 0.6) is 0 Å². The second-order valence-electron chi connectivity index (χ2n) is 4.53. The monoisotopic (exact) mass is 247 g/mol. The maximum Gasteiger partial charge on any atom is 0.161 e. The summed E-state index contributed by atoms with van der Waals surface area (Å²) in [6.45, 7) is 3.79. The normalized spacial score (nSPS) is 15.1. The van der Waals surface area contributed by atoms with Gasteiger partial charge in [0.05, 0.1) is 6.10 Å². The van der Waals surface area contributed by atoms with Gasteiger partial charge in [-0.3, -0.25) is 0 Å². The molecule has 3 N–H and O–H groups in total. The van der Waals surface area contributed by atoms with E-state index in [1.807, 2.05) is 13.8 Å². The Kier molecular flexibility index (Phi) is 4.54. The first-order valence-electron chi connectivity index (χ1n) is 5.41. The van der Waals surface area contributed by atoms with Crippen LogP contribution in [0.3, 0.4) is 0 Å². The summed E-state index contributed by atoms with van der Waals surface area (Å²) in [4.78, 5) is 0. The van der Waals surface area contributed by atoms with Gasteiger partial charge in [-0.1, -0.05) is 13.8 Å². The average molecular weight is 247 g/mol. The quantitative estimate of drug-likeness (QED) is 0.803. The van der Waals surface area contributed by atoms with Gasteiger partial charge in [0.1, 0.15) is 5.82 Å². The molecular formula is C12H16F3NO. The second kappa shape index (κ2) is 5.51. The number of benzene rings is 1. The van der Waals surface area contributed by atoms with E-state index in [0.29, 0.717) is 18.6 Å². The Hall–Kier alpha value is -1.07. The zero-order chi connectivity index (χ0) is 13.2. The van der Waals surface area contributed by atoms with Gasteiger partial charge < -0.3 is 10.8 Å². The molecule has 0 heterocycles. The van der Waals surface area contributed by atoms with E-state index in [1.54, 1.807) is 0 Å². The first-order chi connectivity index (χ1) is 7.82. The number of hydrogen-bond acceptors (Lipinski definition) is 2. The Balaban J connectivity index is 2.95. The van der Waals surface area contributed by atoms with Crippen LogP contribution in [0.4, 0.5) is 13.2 Å². The Bertz CT molecular complexity index is 396. The predicted molar refractivity (Wildman–Crippen MR) is 58.7 cm³/mol. The lowest BCUT2D eigenvalue weighted by Crippen LogP contribution is -2.30. The predicted octanol–water partition coefficient (Wildman–Crippen LogP) is 2.51. The van der Waals surface area contributed by atoms with E-state index in [1.165, 1.54) is 0 Å². The summed E-state index contributed by atoms with van der Waals surface area (Å²) in [5.41, 5.74) is 5.37. The Labute approximate surface area is 98.3 Å². The van der Waals surface area contributed by atoms with Crippen LogP contribution in [-0.4, -0.2) is 11.1 Å². The van der Waals surface area contributed by atoms with Crippen LogP contribution < -0.4 is 5.73 Å². The third-order valence-corrected chi connectivity index (χ3v) is 2.51. The molecule has 2 nitrogen and oxygen atoms in total. The summed E-state index contributed by atoms with van der Waals surface area (Å²) in [5.74, 6) is -3.25. The van der Waals surface area contributed by atoms with Crippen molar-refractivity contribution < 1.29 is 18.3 Å². The van der Waals surface area contributed by atoms with Crippen LogP contribution in [0.1, 0.15) is 31.9 Å². The van der Waals surface area contributed by atoms with Gasteiger partial charge in [-0.05, 0) is 18.4 Å². The number of rotatable bonds is 4. The largest absolute Gasteiger partial charge is 0.387 e. The molecule has 0 spiro atoms. The molecule has 17 heavy (non-hydrogen) atoms. The molecule has 2 unspecified atom stereocenters. The highest BCUT2D eigenvalue weighted by molar-refractivity contribution is 5.23. The fourth-order valence-electron chi connectivity index (χ4n) is 1.67. The van der Waals surface area contributed by atoms with Crippen molar-refractivity contribution in [2.24, 2.45) is 11.7 Å². The third-order valence-electron chi connectivity index (χ3n) is 2.51. The lowest BCUT2D eigenvalue weighted by atomic mass is 9.95. The number of nitrogens with two attached hydrogens (primary N) is 1. The molecule has 0 radical (unpaired) electrons. The number of hydrogen-bond donors (Lipinski definition) is 2. The van der Waals surface area contributed by atoms with Crippen LogP contribution in [-0.2, 0) is 0 Å². The highest BCUT2D eigenvalue weighted by atomic mass is 19.2. The van der Waals surface area contributed by atoms with Gasteiger partial charge in [0, 0.05) is 17.7 Å². The lowest BCUT2D eigenvalue weighted by Gasteiger charge is -2.21. The molecule has 0 saturated carbocycles. The first kappa shape index (κ1) is 14.0. The van der Waals surface area contributed by atoms with Gasteiger partial charge in [0.25, 0.3) is 0 Å². The molecule has 0 fully saturated rings. The molecule has 2 atom stereocenters. The van der Waals surface area contributed by atoms with Crippen molar-refractivity contribution in [3.05, 3.63) is 35.1 Å². The maximum atomic E-state index is 13.4. The van der Waals surface area contributed by atoms with Gasteiger partial charge in [-0.15, -0.1) is 0 Å². The maximum absolute atomic E-state index is 13.4. The van der Waals surface area contributed by atoms with Crippen molar-refractivity contribution in [3.63, 3.8) is 0 Å². The van der Waals surface area contributed by atoms with Crippen LogP contribution >= 0.6 is 0 Å². The lowest BCUT2D eigenvalue weighted by molar-refractivity contribution is 0.131. The van der Waals surface area contributed by atoms with E-state index < -0.39 is 29.6 Å². The standard InChI is InChI=1S/C12H16F3NO/c1-6(2)3-11(16)12(17)7-4-9(14)10(15)5-8(7)13/h4-6,11-12,17H,3,16H2,1-2H3. The second-order valence-corrected chi connectivity index (χ2v) is 4.53. The SMILES string of the molecule is CC(C)CC(N)C(O)c1cc(F)c(F)cc1F. The molecule has 0 aliphatic rings. The van der Waals surface area contributed by atoms with Crippen LogP contribution in [0, 0.1) is 23.4 Å². The molecule has 1 rings (SSSR count). The Morgan fingerprint density at radius 2 is 1.65 bits per heavy atom. The summed E-state index contributed by atoms with van der Waals surface area (Å²) in [7, 11) is 0. The van der Waals surface area contributed by atoms with Crippen molar-refractivity contribution in [3.8, 4) is 0 Å². The molecule has 0 amide bonds. The smallest absolute Gasteiger partial charge is 0.161 e. The molecule has 1 aromatic rings. The molecule has 1 aromatic carbocycles. The average Bonchev–Trinajstić information content (AvgIpc) is 2.21. The number of aliphatic hydroxyl groups excluding tert-OH is 1. The Morgan fingerprint density at radius 3 is 2.18 bits per heavy atom. The number of aliphatic hydroxyl groups is 1. The Morgan fingerprint density at radius 1 is 1.12 bits per heavy atom. The van der Waals surface area contributed by atoms with Crippen molar-refractivity contribution in [2.45, 2.75) is 32.4 Å². The van der Waals surface area contributed by atoms with Crippen LogP contribution in [0.15, 0.2) is 12.1 Å². The van der Waals surface area contributed by atoms with E-state index >= 15 is 0 Å². The zero-order valence-corrected chi connectivity index (χ0v) is 9.75. The van der Waals surface area contributed by atoms with Gasteiger partial charge in [-0.2, -0.15) is 0 Å². The van der Waals surface area contributed by atoms with E-state index in [-0.39, 0.29) is 11.5 Å². The van der Waals surface area contributed by atoms with Gasteiger partial charge in [0.2, 0.25) is 0 Å². The van der Waals surface area contributed by atoms with Crippen molar-refractivity contribution in [1.82, 2.24) is 0 Å². The number of halogens is 3. The molecule has 0 bridgehead atoms. The fraction of sp³-hybridized carbons (Fsp3) is 0.500. The summed E-state index contributed by atoms with van der Waals surface area (Å²) in [6, 6.07) is 0.347. The minimum atomic E-state index is -1.34. The fourth-order valence-corrected chi connectivity index (χ4v) is 1.67. The van der Waals surface area contributed by atoms with Gasteiger partial charge in [-0.25, -0.2) is 13.2 Å². The highest BCUT2D eigenvalue weighted by Crippen LogP contribution is 2.24. The minimum Gasteiger partial charge on any atom is -0.387 e. The summed E-state index contributed by atoms with van der Waals surface area (Å²) < 4.78 is 39.0. The third kappa shape index (κ3) is 3.44. The van der Waals surface area contributed by atoms with Crippen LogP contribution in [0.2, 0.25) is 0 Å².